The van der Waals surface area contributed by atoms with Crippen LogP contribution >= 0.6 is 11.8 Å². The highest BCUT2D eigenvalue weighted by atomic mass is 32.2. The summed E-state index contributed by atoms with van der Waals surface area (Å²) in [5, 5.41) is 5.21. The molecule has 1 aromatic rings. The van der Waals surface area contributed by atoms with Crippen LogP contribution in [0.3, 0.4) is 0 Å². The van der Waals surface area contributed by atoms with Crippen LogP contribution in [0.5, 0.6) is 0 Å². The van der Waals surface area contributed by atoms with E-state index in [2.05, 4.69) is 10.6 Å². The molecule has 0 spiro atoms. The molecular formula is C18H26N4O3S. The lowest BCUT2D eigenvalue weighted by molar-refractivity contribution is -0.125. The zero-order chi connectivity index (χ0) is 19.1. The van der Waals surface area contributed by atoms with Crippen molar-refractivity contribution in [3.8, 4) is 0 Å². The fourth-order valence-electron chi connectivity index (χ4n) is 2.47. The van der Waals surface area contributed by atoms with Crippen LogP contribution in [-0.2, 0) is 9.59 Å². The number of benzene rings is 1. The van der Waals surface area contributed by atoms with Crippen LogP contribution in [0.25, 0.3) is 0 Å². The van der Waals surface area contributed by atoms with Gasteiger partial charge in [0.25, 0.3) is 5.91 Å². The third kappa shape index (κ3) is 5.74. The van der Waals surface area contributed by atoms with Crippen molar-refractivity contribution >= 4 is 35.2 Å². The van der Waals surface area contributed by atoms with Crippen LogP contribution in [0.4, 0.5) is 5.69 Å². The second-order valence-electron chi connectivity index (χ2n) is 6.52. The van der Waals surface area contributed by atoms with Gasteiger partial charge in [-0.05, 0) is 24.1 Å². The van der Waals surface area contributed by atoms with Crippen molar-refractivity contribution in [2.75, 3.05) is 36.5 Å². The van der Waals surface area contributed by atoms with Gasteiger partial charge in [-0.15, -0.1) is 0 Å². The quantitative estimate of drug-likeness (QED) is 0.683. The summed E-state index contributed by atoms with van der Waals surface area (Å²) >= 11 is 1.84. The molecule has 4 N–H and O–H groups in total. The van der Waals surface area contributed by atoms with Crippen LogP contribution in [0.15, 0.2) is 24.3 Å². The Labute approximate surface area is 158 Å². The van der Waals surface area contributed by atoms with Gasteiger partial charge >= 0.3 is 0 Å². The first-order valence-electron chi connectivity index (χ1n) is 8.68. The average molecular weight is 378 g/mol. The molecule has 0 radical (unpaired) electrons. The van der Waals surface area contributed by atoms with Crippen molar-refractivity contribution in [1.29, 1.82) is 0 Å². The van der Waals surface area contributed by atoms with E-state index in [4.69, 9.17) is 5.73 Å². The minimum atomic E-state index is -0.647. The van der Waals surface area contributed by atoms with Crippen LogP contribution in [0, 0.1) is 5.92 Å². The largest absolute Gasteiger partial charge is 0.346 e. The van der Waals surface area contributed by atoms with Gasteiger partial charge in [-0.3, -0.25) is 14.4 Å². The van der Waals surface area contributed by atoms with Gasteiger partial charge in [0.2, 0.25) is 11.8 Å². The van der Waals surface area contributed by atoms with E-state index < -0.39 is 6.04 Å². The van der Waals surface area contributed by atoms with Crippen LogP contribution in [0.1, 0.15) is 24.2 Å². The smallest absolute Gasteiger partial charge is 0.253 e. The number of nitrogens with one attached hydrogen (secondary N) is 2. The molecule has 8 heteroatoms. The molecule has 1 heterocycles. The molecule has 1 saturated heterocycles. The summed E-state index contributed by atoms with van der Waals surface area (Å²) in [6.07, 6.45) is 0. The zero-order valence-corrected chi connectivity index (χ0v) is 16.0. The van der Waals surface area contributed by atoms with E-state index in [1.54, 1.807) is 24.3 Å². The van der Waals surface area contributed by atoms with Gasteiger partial charge in [-0.2, -0.15) is 11.8 Å². The fraction of sp³-hybridized carbons (Fsp3) is 0.500. The molecule has 1 aliphatic rings. The maximum atomic E-state index is 12.5. The van der Waals surface area contributed by atoms with Crippen LogP contribution in [0.2, 0.25) is 0 Å². The Morgan fingerprint density at radius 2 is 1.92 bits per heavy atom. The third-order valence-electron chi connectivity index (χ3n) is 4.14. The van der Waals surface area contributed by atoms with Crippen LogP contribution < -0.4 is 16.4 Å². The number of anilines is 1. The monoisotopic (exact) mass is 378 g/mol. The van der Waals surface area contributed by atoms with E-state index in [1.165, 1.54) is 0 Å². The highest BCUT2D eigenvalue weighted by molar-refractivity contribution is 7.99. The van der Waals surface area contributed by atoms with Crippen molar-refractivity contribution in [1.82, 2.24) is 10.2 Å². The maximum absolute atomic E-state index is 12.5. The summed E-state index contributed by atoms with van der Waals surface area (Å²) in [5.74, 6) is 1.13. The lowest BCUT2D eigenvalue weighted by Gasteiger charge is -2.26. The van der Waals surface area contributed by atoms with E-state index in [0.29, 0.717) is 11.3 Å². The highest BCUT2D eigenvalue weighted by Gasteiger charge is 2.19. The lowest BCUT2D eigenvalue weighted by atomic mass is 10.1. The molecule has 1 atom stereocenters. The Hall–Kier alpha value is -2.06. The average Bonchev–Trinajstić information content (AvgIpc) is 2.65. The molecular weight excluding hydrogens is 352 g/mol. The standard InChI is InChI=1S/C18H26N4O3S/c1-12(2)16(19)17(24)20-11-15(23)21-14-5-3-4-13(10-14)18(25)22-6-8-26-9-7-22/h3-5,10,12,16H,6-9,11,19H2,1-2H3,(H,20,24)(H,21,23)/t16-/m0/s1. The molecule has 142 valence electrons. The number of nitrogens with zero attached hydrogens (tertiary/aromatic N) is 1. The fourth-order valence-corrected chi connectivity index (χ4v) is 3.38. The Morgan fingerprint density at radius 3 is 2.58 bits per heavy atom. The molecule has 0 saturated carbocycles. The predicted octanol–water partition coefficient (Wildman–Crippen LogP) is 0.914. The van der Waals surface area contributed by atoms with Gasteiger partial charge in [-0.1, -0.05) is 19.9 Å². The predicted molar refractivity (Wildman–Crippen MR) is 104 cm³/mol. The van der Waals surface area contributed by atoms with Crippen molar-refractivity contribution in [2.24, 2.45) is 11.7 Å². The zero-order valence-electron chi connectivity index (χ0n) is 15.2. The number of hydrogen-bond acceptors (Lipinski definition) is 5. The number of rotatable bonds is 6. The molecule has 26 heavy (non-hydrogen) atoms. The molecule has 0 bridgehead atoms. The first-order chi connectivity index (χ1) is 12.4. The number of carbonyl (C=O) groups excluding carboxylic acids is 3. The molecule has 0 aromatic heterocycles. The lowest BCUT2D eigenvalue weighted by Crippen LogP contribution is -2.46. The normalized spacial score (nSPS) is 15.5. The number of thioether (sulfide) groups is 1. The SMILES string of the molecule is CC(C)[C@H](N)C(=O)NCC(=O)Nc1cccc(C(=O)N2CCSCC2)c1. The van der Waals surface area contributed by atoms with Gasteiger partial charge < -0.3 is 21.3 Å². The molecule has 1 fully saturated rings. The number of carbonyl (C=O) groups is 3. The number of nitrogens with two attached hydrogens (primary N) is 1. The van der Waals surface area contributed by atoms with Gasteiger partial charge in [0.05, 0.1) is 12.6 Å². The van der Waals surface area contributed by atoms with Crippen molar-refractivity contribution < 1.29 is 14.4 Å². The summed E-state index contributed by atoms with van der Waals surface area (Å²) in [6.45, 7) is 4.99. The van der Waals surface area contributed by atoms with Gasteiger partial charge in [0.15, 0.2) is 0 Å². The Kier molecular flexibility index (Phi) is 7.47. The Balaban J connectivity index is 1.90. The maximum Gasteiger partial charge on any atom is 0.253 e. The van der Waals surface area contributed by atoms with Crippen molar-refractivity contribution in [3.05, 3.63) is 29.8 Å². The molecule has 0 aliphatic carbocycles. The van der Waals surface area contributed by atoms with E-state index in [1.807, 2.05) is 30.5 Å². The Morgan fingerprint density at radius 1 is 1.23 bits per heavy atom. The number of amides is 3. The molecule has 1 aliphatic heterocycles. The van der Waals surface area contributed by atoms with Gasteiger partial charge in [0.1, 0.15) is 0 Å². The number of hydrogen-bond donors (Lipinski definition) is 3. The topological polar surface area (TPSA) is 105 Å². The van der Waals surface area contributed by atoms with E-state index >= 15 is 0 Å². The van der Waals surface area contributed by atoms with Gasteiger partial charge in [0, 0.05) is 35.8 Å². The summed E-state index contributed by atoms with van der Waals surface area (Å²) in [7, 11) is 0. The first-order valence-corrected chi connectivity index (χ1v) is 9.84. The first kappa shape index (κ1) is 20.3. The van der Waals surface area contributed by atoms with Crippen molar-refractivity contribution in [2.45, 2.75) is 19.9 Å². The summed E-state index contributed by atoms with van der Waals surface area (Å²) in [5.41, 5.74) is 6.80. The van der Waals surface area contributed by atoms with E-state index in [0.717, 1.165) is 24.6 Å². The molecule has 7 nitrogen and oxygen atoms in total. The summed E-state index contributed by atoms with van der Waals surface area (Å²) in [6, 6.07) is 6.19. The van der Waals surface area contributed by atoms with Crippen LogP contribution in [-0.4, -0.2) is 59.8 Å². The van der Waals surface area contributed by atoms with E-state index in [-0.39, 0.29) is 30.2 Å². The second-order valence-corrected chi connectivity index (χ2v) is 7.75. The van der Waals surface area contributed by atoms with Gasteiger partial charge in [-0.25, -0.2) is 0 Å². The minimum Gasteiger partial charge on any atom is -0.346 e. The molecule has 2 rings (SSSR count). The second kappa shape index (κ2) is 9.59. The van der Waals surface area contributed by atoms with E-state index in [9.17, 15) is 14.4 Å². The highest BCUT2D eigenvalue weighted by Crippen LogP contribution is 2.16. The molecule has 3 amide bonds. The molecule has 0 unspecified atom stereocenters. The Bertz CT molecular complexity index is 660. The molecule has 1 aromatic carbocycles. The summed E-state index contributed by atoms with van der Waals surface area (Å²) in [4.78, 5) is 38.2. The third-order valence-corrected chi connectivity index (χ3v) is 5.08. The summed E-state index contributed by atoms with van der Waals surface area (Å²) < 4.78 is 0. The minimum absolute atomic E-state index is 0.00561. The van der Waals surface area contributed by atoms with Crippen molar-refractivity contribution in [3.63, 3.8) is 0 Å².